The molecule has 0 fully saturated rings. The van der Waals surface area contributed by atoms with Crippen LogP contribution in [-0.2, 0) is 6.42 Å². The van der Waals surface area contributed by atoms with E-state index in [1.54, 1.807) is 0 Å². The molecule has 0 saturated heterocycles. The summed E-state index contributed by atoms with van der Waals surface area (Å²) in [6, 6.07) is 10.1. The number of carbonyl (C=O) groups is 1. The predicted molar refractivity (Wildman–Crippen MR) is 87.5 cm³/mol. The minimum absolute atomic E-state index is 0.709. The molecule has 0 N–H and O–H groups in total. The molecule has 2 aromatic carbocycles. The van der Waals surface area contributed by atoms with Gasteiger partial charge in [-0.1, -0.05) is 37.6 Å². The topological polar surface area (TPSA) is 26.3 Å². The maximum absolute atomic E-state index is 11.0. The van der Waals surface area contributed by atoms with E-state index >= 15 is 0 Å². The van der Waals surface area contributed by atoms with Crippen molar-refractivity contribution < 1.29 is 9.22 Å². The van der Waals surface area contributed by atoms with Crippen LogP contribution in [0.2, 0.25) is 13.1 Å². The van der Waals surface area contributed by atoms with Gasteiger partial charge in [-0.05, 0) is 43.0 Å². The van der Waals surface area contributed by atoms with E-state index in [4.69, 9.17) is 4.43 Å². The summed E-state index contributed by atoms with van der Waals surface area (Å²) >= 11 is 0. The molecule has 20 heavy (non-hydrogen) atoms. The van der Waals surface area contributed by atoms with Gasteiger partial charge in [-0.15, -0.1) is 0 Å². The number of fused-ring (bicyclic) bond motifs is 1. The van der Waals surface area contributed by atoms with Crippen molar-refractivity contribution in [2.45, 2.75) is 39.3 Å². The quantitative estimate of drug-likeness (QED) is 0.582. The third-order valence-electron chi connectivity index (χ3n) is 3.37. The molecule has 0 heterocycles. The lowest BCUT2D eigenvalue weighted by Crippen LogP contribution is -2.13. The van der Waals surface area contributed by atoms with Gasteiger partial charge in [0.2, 0.25) is 9.04 Å². The van der Waals surface area contributed by atoms with E-state index in [1.165, 1.54) is 12.0 Å². The summed E-state index contributed by atoms with van der Waals surface area (Å²) in [5.41, 5.74) is 1.98. The molecule has 0 aromatic heterocycles. The Morgan fingerprint density at radius 2 is 1.95 bits per heavy atom. The number of carbonyl (C=O) groups excluding carboxylic acids is 1. The molecule has 0 bridgehead atoms. The van der Waals surface area contributed by atoms with Gasteiger partial charge in [0, 0.05) is 10.9 Å². The average Bonchev–Trinajstić information content (AvgIpc) is 2.45. The third-order valence-corrected chi connectivity index (χ3v) is 4.07. The Labute approximate surface area is 122 Å². The molecule has 0 amide bonds. The van der Waals surface area contributed by atoms with Crippen LogP contribution in [0, 0.1) is 0 Å². The molecular weight excluding hydrogens is 264 g/mol. The monoisotopic (exact) mass is 286 g/mol. The van der Waals surface area contributed by atoms with Crippen molar-refractivity contribution in [1.82, 2.24) is 0 Å². The SMILES string of the molecule is CCCCc1ccc2ccc(C=O)cc2c1O[SiH](C)C. The standard InChI is InChI=1S/C17H22O2Si/c1-4-5-6-15-10-9-14-8-7-13(12-18)11-16(14)17(15)19-20(2)3/h7-12,20H,4-6H2,1-3H3. The van der Waals surface area contributed by atoms with E-state index in [2.05, 4.69) is 32.2 Å². The Morgan fingerprint density at radius 1 is 1.20 bits per heavy atom. The van der Waals surface area contributed by atoms with Crippen LogP contribution in [0.15, 0.2) is 30.3 Å². The van der Waals surface area contributed by atoms with Crippen molar-refractivity contribution >= 4 is 26.1 Å². The highest BCUT2D eigenvalue weighted by molar-refractivity contribution is 6.49. The lowest BCUT2D eigenvalue weighted by atomic mass is 10.00. The van der Waals surface area contributed by atoms with Crippen molar-refractivity contribution in [3.8, 4) is 5.75 Å². The molecule has 0 radical (unpaired) electrons. The number of unbranched alkanes of at least 4 members (excludes halogenated alkanes) is 1. The molecule has 3 heteroatoms. The summed E-state index contributed by atoms with van der Waals surface area (Å²) in [6.07, 6.45) is 4.27. The maximum atomic E-state index is 11.0. The van der Waals surface area contributed by atoms with Gasteiger partial charge >= 0.3 is 0 Å². The van der Waals surface area contributed by atoms with Crippen LogP contribution in [-0.4, -0.2) is 15.3 Å². The summed E-state index contributed by atoms with van der Waals surface area (Å²) in [7, 11) is -1.18. The number of aldehydes is 1. The second-order valence-corrected chi connectivity index (χ2v) is 7.76. The number of benzene rings is 2. The van der Waals surface area contributed by atoms with Gasteiger partial charge in [-0.25, -0.2) is 0 Å². The smallest absolute Gasteiger partial charge is 0.229 e. The van der Waals surface area contributed by atoms with E-state index < -0.39 is 9.04 Å². The fraction of sp³-hybridized carbons (Fsp3) is 0.353. The Kier molecular flexibility index (Phi) is 4.96. The van der Waals surface area contributed by atoms with E-state index in [9.17, 15) is 4.79 Å². The first-order chi connectivity index (χ1) is 9.65. The van der Waals surface area contributed by atoms with Crippen LogP contribution < -0.4 is 4.43 Å². The van der Waals surface area contributed by atoms with Crippen molar-refractivity contribution in [3.05, 3.63) is 41.5 Å². The molecule has 2 nitrogen and oxygen atoms in total. The predicted octanol–water partition coefficient (Wildman–Crippen LogP) is 4.36. The van der Waals surface area contributed by atoms with Gasteiger partial charge in [0.15, 0.2) is 0 Å². The van der Waals surface area contributed by atoms with Gasteiger partial charge in [0.1, 0.15) is 12.0 Å². The second-order valence-electron chi connectivity index (χ2n) is 5.42. The Bertz CT molecular complexity index is 605. The molecule has 106 valence electrons. The van der Waals surface area contributed by atoms with Gasteiger partial charge in [0.05, 0.1) is 0 Å². The van der Waals surface area contributed by atoms with Crippen LogP contribution >= 0.6 is 0 Å². The summed E-state index contributed by atoms with van der Waals surface area (Å²) in [5, 5.41) is 2.21. The highest BCUT2D eigenvalue weighted by atomic mass is 28.3. The van der Waals surface area contributed by atoms with E-state index in [1.807, 2.05) is 18.2 Å². The Hall–Kier alpha value is -1.61. The molecule has 0 aliphatic carbocycles. The molecule has 2 aromatic rings. The number of rotatable bonds is 6. The normalized spacial score (nSPS) is 11.0. The first-order valence-electron chi connectivity index (χ1n) is 7.33. The summed E-state index contributed by atoms with van der Waals surface area (Å²) in [5.74, 6) is 1.00. The van der Waals surface area contributed by atoms with Crippen LogP contribution in [0.5, 0.6) is 5.75 Å². The van der Waals surface area contributed by atoms with Crippen molar-refractivity contribution in [2.75, 3.05) is 0 Å². The van der Waals surface area contributed by atoms with Crippen molar-refractivity contribution in [3.63, 3.8) is 0 Å². The van der Waals surface area contributed by atoms with E-state index in [0.29, 0.717) is 5.56 Å². The summed E-state index contributed by atoms with van der Waals surface area (Å²) < 4.78 is 6.18. The lowest BCUT2D eigenvalue weighted by Gasteiger charge is -2.17. The van der Waals surface area contributed by atoms with Crippen molar-refractivity contribution in [1.29, 1.82) is 0 Å². The van der Waals surface area contributed by atoms with E-state index in [-0.39, 0.29) is 0 Å². The zero-order chi connectivity index (χ0) is 14.5. The average molecular weight is 286 g/mol. The largest absolute Gasteiger partial charge is 0.546 e. The van der Waals surface area contributed by atoms with Crippen molar-refractivity contribution in [2.24, 2.45) is 0 Å². The lowest BCUT2D eigenvalue weighted by molar-refractivity contribution is 0.112. The van der Waals surface area contributed by atoms with Gasteiger partial charge in [-0.2, -0.15) is 0 Å². The van der Waals surface area contributed by atoms with Crippen LogP contribution in [0.4, 0.5) is 0 Å². The fourth-order valence-electron chi connectivity index (χ4n) is 2.37. The third kappa shape index (κ3) is 3.28. The van der Waals surface area contributed by atoms with Crippen LogP contribution in [0.25, 0.3) is 10.8 Å². The highest BCUT2D eigenvalue weighted by Gasteiger charge is 2.11. The molecule has 0 aliphatic rings. The van der Waals surface area contributed by atoms with Gasteiger partial charge in [0.25, 0.3) is 0 Å². The fourth-order valence-corrected chi connectivity index (χ4v) is 3.12. The molecule has 0 unspecified atom stereocenters. The number of hydrogen-bond acceptors (Lipinski definition) is 2. The van der Waals surface area contributed by atoms with Crippen LogP contribution in [0.3, 0.4) is 0 Å². The molecular formula is C17H22O2Si. The Morgan fingerprint density at radius 3 is 2.60 bits per heavy atom. The van der Waals surface area contributed by atoms with E-state index in [0.717, 1.165) is 35.6 Å². The van der Waals surface area contributed by atoms with Crippen LogP contribution in [0.1, 0.15) is 35.7 Å². The first-order valence-corrected chi connectivity index (χ1v) is 10.1. The number of hydrogen-bond donors (Lipinski definition) is 0. The molecule has 0 saturated carbocycles. The number of aryl methyl sites for hydroxylation is 1. The molecule has 2 rings (SSSR count). The zero-order valence-corrected chi connectivity index (χ0v) is 13.6. The molecule has 0 aliphatic heterocycles. The maximum Gasteiger partial charge on any atom is 0.229 e. The van der Waals surface area contributed by atoms with Gasteiger partial charge < -0.3 is 4.43 Å². The highest BCUT2D eigenvalue weighted by Crippen LogP contribution is 2.32. The minimum Gasteiger partial charge on any atom is -0.546 e. The summed E-state index contributed by atoms with van der Waals surface area (Å²) in [6.45, 7) is 6.54. The van der Waals surface area contributed by atoms with Gasteiger partial charge in [-0.3, -0.25) is 4.79 Å². The second kappa shape index (κ2) is 6.71. The molecule has 0 spiro atoms. The summed E-state index contributed by atoms with van der Waals surface area (Å²) in [4.78, 5) is 11.0. The first kappa shape index (κ1) is 14.8. The Balaban J connectivity index is 2.57. The minimum atomic E-state index is -1.18. The zero-order valence-electron chi connectivity index (χ0n) is 12.5. The molecule has 0 atom stereocenters.